The van der Waals surface area contributed by atoms with E-state index in [1.807, 2.05) is 45.9 Å². The van der Waals surface area contributed by atoms with E-state index in [0.29, 0.717) is 11.6 Å². The quantitative estimate of drug-likeness (QED) is 0.791. The van der Waals surface area contributed by atoms with Crippen molar-refractivity contribution in [3.63, 3.8) is 0 Å². The SMILES string of the molecule is Cc1nc(-c2cccc(NC(=O)NC(C)C(C)CO)c2)oc1C. The molecule has 3 N–H and O–H groups in total. The molecule has 6 nitrogen and oxygen atoms in total. The van der Waals surface area contributed by atoms with E-state index in [9.17, 15) is 4.79 Å². The van der Waals surface area contributed by atoms with Crippen LogP contribution in [0.3, 0.4) is 0 Å². The Bertz CT molecular complexity index is 662. The number of amides is 2. The number of aromatic nitrogens is 1. The molecular formula is C17H23N3O3. The molecule has 2 amide bonds. The number of nitrogens with one attached hydrogen (secondary N) is 2. The first-order valence-corrected chi connectivity index (χ1v) is 7.63. The Morgan fingerprint density at radius 2 is 2.09 bits per heavy atom. The van der Waals surface area contributed by atoms with E-state index in [1.54, 1.807) is 6.07 Å². The highest BCUT2D eigenvalue weighted by Crippen LogP contribution is 2.24. The minimum atomic E-state index is -0.310. The summed E-state index contributed by atoms with van der Waals surface area (Å²) >= 11 is 0. The highest BCUT2D eigenvalue weighted by atomic mass is 16.4. The van der Waals surface area contributed by atoms with Gasteiger partial charge < -0.3 is 20.2 Å². The molecule has 1 aromatic heterocycles. The zero-order valence-corrected chi connectivity index (χ0v) is 13.9. The summed E-state index contributed by atoms with van der Waals surface area (Å²) in [6.07, 6.45) is 0. The van der Waals surface area contributed by atoms with Gasteiger partial charge in [-0.05, 0) is 44.9 Å². The number of aryl methyl sites for hydroxylation is 2. The maximum absolute atomic E-state index is 12.0. The molecule has 2 atom stereocenters. The summed E-state index contributed by atoms with van der Waals surface area (Å²) in [5.41, 5.74) is 2.30. The minimum Gasteiger partial charge on any atom is -0.441 e. The summed E-state index contributed by atoms with van der Waals surface area (Å²) in [4.78, 5) is 16.4. The number of hydrogen-bond donors (Lipinski definition) is 3. The van der Waals surface area contributed by atoms with Crippen LogP contribution in [0.25, 0.3) is 11.5 Å². The van der Waals surface area contributed by atoms with Gasteiger partial charge in [0.2, 0.25) is 5.89 Å². The van der Waals surface area contributed by atoms with E-state index in [1.165, 1.54) is 0 Å². The lowest BCUT2D eigenvalue weighted by Gasteiger charge is -2.19. The van der Waals surface area contributed by atoms with Crippen molar-refractivity contribution in [2.75, 3.05) is 11.9 Å². The first-order chi connectivity index (χ1) is 10.9. The van der Waals surface area contributed by atoms with Gasteiger partial charge in [-0.1, -0.05) is 13.0 Å². The maximum Gasteiger partial charge on any atom is 0.319 e. The summed E-state index contributed by atoms with van der Waals surface area (Å²) in [5, 5.41) is 14.7. The second kappa shape index (κ2) is 7.28. The lowest BCUT2D eigenvalue weighted by molar-refractivity contribution is 0.204. The normalized spacial score (nSPS) is 13.4. The summed E-state index contributed by atoms with van der Waals surface area (Å²) < 4.78 is 5.60. The largest absolute Gasteiger partial charge is 0.441 e. The standard InChI is InChI=1S/C17H23N3O3/c1-10(9-21)11(2)19-17(22)20-15-7-5-6-14(8-15)16-18-12(3)13(4)23-16/h5-8,10-11,21H,9H2,1-4H3,(H2,19,20,22). The molecule has 0 aliphatic rings. The summed E-state index contributed by atoms with van der Waals surface area (Å²) in [6.45, 7) is 7.51. The van der Waals surface area contributed by atoms with Crippen LogP contribution in [-0.2, 0) is 0 Å². The topological polar surface area (TPSA) is 87.4 Å². The van der Waals surface area contributed by atoms with E-state index >= 15 is 0 Å². The van der Waals surface area contributed by atoms with Crippen LogP contribution in [0, 0.1) is 19.8 Å². The van der Waals surface area contributed by atoms with Gasteiger partial charge in [0.1, 0.15) is 5.76 Å². The number of anilines is 1. The molecule has 2 rings (SSSR count). The Balaban J connectivity index is 2.07. The molecule has 124 valence electrons. The molecular weight excluding hydrogens is 294 g/mol. The van der Waals surface area contributed by atoms with Gasteiger partial charge in [-0.3, -0.25) is 0 Å². The van der Waals surface area contributed by atoms with E-state index in [4.69, 9.17) is 9.52 Å². The number of urea groups is 1. The van der Waals surface area contributed by atoms with Gasteiger partial charge in [0, 0.05) is 23.9 Å². The smallest absolute Gasteiger partial charge is 0.319 e. The van der Waals surface area contributed by atoms with Crippen LogP contribution in [0.15, 0.2) is 28.7 Å². The number of aliphatic hydroxyl groups is 1. The van der Waals surface area contributed by atoms with Gasteiger partial charge in [-0.2, -0.15) is 0 Å². The summed E-state index contributed by atoms with van der Waals surface area (Å²) in [5.74, 6) is 1.31. The third-order valence-electron chi connectivity index (χ3n) is 3.90. The zero-order chi connectivity index (χ0) is 17.0. The molecule has 0 saturated carbocycles. The number of carbonyl (C=O) groups excluding carboxylic acids is 1. The van der Waals surface area contributed by atoms with Crippen LogP contribution in [-0.4, -0.2) is 28.8 Å². The number of carbonyl (C=O) groups is 1. The summed E-state index contributed by atoms with van der Waals surface area (Å²) in [6, 6.07) is 6.88. The summed E-state index contributed by atoms with van der Waals surface area (Å²) in [7, 11) is 0. The third-order valence-corrected chi connectivity index (χ3v) is 3.90. The molecule has 2 unspecified atom stereocenters. The van der Waals surface area contributed by atoms with E-state index in [-0.39, 0.29) is 24.6 Å². The average molecular weight is 317 g/mol. The van der Waals surface area contributed by atoms with Crippen LogP contribution < -0.4 is 10.6 Å². The Morgan fingerprint density at radius 3 is 2.70 bits per heavy atom. The van der Waals surface area contributed by atoms with Gasteiger partial charge in [-0.25, -0.2) is 9.78 Å². The first kappa shape index (κ1) is 17.0. The zero-order valence-electron chi connectivity index (χ0n) is 13.9. The Morgan fingerprint density at radius 1 is 1.35 bits per heavy atom. The van der Waals surface area contributed by atoms with Gasteiger partial charge in [0.25, 0.3) is 0 Å². The van der Waals surface area contributed by atoms with Crippen molar-refractivity contribution >= 4 is 11.7 Å². The van der Waals surface area contributed by atoms with Gasteiger partial charge >= 0.3 is 6.03 Å². The molecule has 0 spiro atoms. The fourth-order valence-corrected chi connectivity index (χ4v) is 2.00. The molecule has 0 saturated heterocycles. The molecule has 0 radical (unpaired) electrons. The fourth-order valence-electron chi connectivity index (χ4n) is 2.00. The molecule has 2 aromatic rings. The number of rotatable bonds is 5. The Kier molecular flexibility index (Phi) is 5.39. The molecule has 0 aliphatic carbocycles. The maximum atomic E-state index is 12.0. The van der Waals surface area contributed by atoms with Crippen molar-refractivity contribution in [1.29, 1.82) is 0 Å². The number of hydrogen-bond acceptors (Lipinski definition) is 4. The predicted molar refractivity (Wildman–Crippen MR) is 89.3 cm³/mol. The second-order valence-corrected chi connectivity index (χ2v) is 5.79. The predicted octanol–water partition coefficient (Wildman–Crippen LogP) is 3.10. The van der Waals surface area contributed by atoms with Crippen LogP contribution in [0.4, 0.5) is 10.5 Å². The third kappa shape index (κ3) is 4.32. The van der Waals surface area contributed by atoms with Crippen LogP contribution in [0.2, 0.25) is 0 Å². The number of oxazole rings is 1. The van der Waals surface area contributed by atoms with E-state index < -0.39 is 0 Å². The first-order valence-electron chi connectivity index (χ1n) is 7.63. The number of benzene rings is 1. The molecule has 0 aliphatic heterocycles. The van der Waals surface area contributed by atoms with E-state index in [0.717, 1.165) is 17.0 Å². The highest BCUT2D eigenvalue weighted by Gasteiger charge is 2.14. The van der Waals surface area contributed by atoms with Crippen molar-refractivity contribution < 1.29 is 14.3 Å². The fraction of sp³-hybridized carbons (Fsp3) is 0.412. The average Bonchev–Trinajstić information content (AvgIpc) is 2.86. The van der Waals surface area contributed by atoms with Gasteiger partial charge in [0.05, 0.1) is 5.69 Å². The van der Waals surface area contributed by atoms with Crippen LogP contribution >= 0.6 is 0 Å². The van der Waals surface area contributed by atoms with Crippen molar-refractivity contribution in [2.45, 2.75) is 33.7 Å². The van der Waals surface area contributed by atoms with Crippen LogP contribution in [0.1, 0.15) is 25.3 Å². The second-order valence-electron chi connectivity index (χ2n) is 5.79. The van der Waals surface area contributed by atoms with Crippen molar-refractivity contribution in [3.8, 4) is 11.5 Å². The lowest BCUT2D eigenvalue weighted by Crippen LogP contribution is -2.40. The van der Waals surface area contributed by atoms with Crippen molar-refractivity contribution in [1.82, 2.24) is 10.3 Å². The molecule has 1 aromatic carbocycles. The van der Waals surface area contributed by atoms with Crippen molar-refractivity contribution in [3.05, 3.63) is 35.7 Å². The van der Waals surface area contributed by atoms with Gasteiger partial charge in [0.15, 0.2) is 0 Å². The molecule has 23 heavy (non-hydrogen) atoms. The highest BCUT2D eigenvalue weighted by molar-refractivity contribution is 5.90. The minimum absolute atomic E-state index is 0.00893. The number of aliphatic hydroxyl groups excluding tert-OH is 1. The molecule has 6 heteroatoms. The van der Waals surface area contributed by atoms with Gasteiger partial charge in [-0.15, -0.1) is 0 Å². The monoisotopic (exact) mass is 317 g/mol. The molecule has 0 bridgehead atoms. The van der Waals surface area contributed by atoms with E-state index in [2.05, 4.69) is 15.6 Å². The lowest BCUT2D eigenvalue weighted by atomic mass is 10.1. The number of nitrogens with zero attached hydrogens (tertiary/aromatic N) is 1. The molecule has 1 heterocycles. The Hall–Kier alpha value is -2.34. The van der Waals surface area contributed by atoms with Crippen LogP contribution in [0.5, 0.6) is 0 Å². The van der Waals surface area contributed by atoms with Crippen molar-refractivity contribution in [2.24, 2.45) is 5.92 Å². The molecule has 0 fully saturated rings. The Labute approximate surface area is 135 Å².